The van der Waals surface area contributed by atoms with Crippen molar-refractivity contribution < 1.29 is 22.7 Å². The zero-order valence-electron chi connectivity index (χ0n) is 13.1. The number of hydrogen-bond acceptors (Lipinski definition) is 4. The lowest BCUT2D eigenvalue weighted by molar-refractivity contribution is -0.153. The molecule has 0 atom stereocenters. The Hall–Kier alpha value is -2.77. The van der Waals surface area contributed by atoms with Gasteiger partial charge in [-0.1, -0.05) is 6.07 Å². The van der Waals surface area contributed by atoms with Crippen molar-refractivity contribution in [1.29, 1.82) is 0 Å². The summed E-state index contributed by atoms with van der Waals surface area (Å²) in [6.07, 6.45) is -2.85. The molecule has 2 rings (SSSR count). The summed E-state index contributed by atoms with van der Waals surface area (Å²) in [4.78, 5) is 18.2. The number of benzene rings is 1. The van der Waals surface area contributed by atoms with Gasteiger partial charge in [0.05, 0.1) is 5.56 Å². The summed E-state index contributed by atoms with van der Waals surface area (Å²) in [5, 5.41) is 2.62. The molecule has 0 aliphatic heterocycles. The third-order valence-corrected chi connectivity index (χ3v) is 2.95. The summed E-state index contributed by atoms with van der Waals surface area (Å²) < 4.78 is 41.2. The molecule has 8 heteroatoms. The second-order valence-corrected chi connectivity index (χ2v) is 5.15. The van der Waals surface area contributed by atoms with E-state index in [1.54, 1.807) is 43.4 Å². The lowest BCUT2D eigenvalue weighted by Gasteiger charge is -2.15. The van der Waals surface area contributed by atoms with Crippen molar-refractivity contribution in [2.75, 3.05) is 30.9 Å². The predicted octanol–water partition coefficient (Wildman–Crippen LogP) is 3.34. The van der Waals surface area contributed by atoms with Crippen LogP contribution in [0.1, 0.15) is 10.4 Å². The minimum absolute atomic E-state index is 0.0177. The molecule has 0 aliphatic carbocycles. The van der Waals surface area contributed by atoms with E-state index in [2.05, 4.69) is 15.0 Å². The first-order valence-electron chi connectivity index (χ1n) is 6.99. The molecule has 1 aromatic heterocycles. The molecule has 24 heavy (non-hydrogen) atoms. The van der Waals surface area contributed by atoms with Crippen LogP contribution in [0.15, 0.2) is 42.6 Å². The second-order valence-electron chi connectivity index (χ2n) is 5.15. The smallest absolute Gasteiger partial charge is 0.422 e. The minimum atomic E-state index is -4.42. The van der Waals surface area contributed by atoms with Gasteiger partial charge in [0.2, 0.25) is 0 Å². The quantitative estimate of drug-likeness (QED) is 0.908. The van der Waals surface area contributed by atoms with Gasteiger partial charge in [0, 0.05) is 32.0 Å². The van der Waals surface area contributed by atoms with Crippen LogP contribution in [0, 0.1) is 0 Å². The molecule has 1 aromatic carbocycles. The first-order valence-corrected chi connectivity index (χ1v) is 6.99. The molecule has 1 heterocycles. The van der Waals surface area contributed by atoms with Crippen molar-refractivity contribution >= 4 is 17.4 Å². The Labute approximate surface area is 137 Å². The molecular weight excluding hydrogens is 323 g/mol. The van der Waals surface area contributed by atoms with E-state index in [-0.39, 0.29) is 5.75 Å². The number of amides is 1. The summed E-state index contributed by atoms with van der Waals surface area (Å²) >= 11 is 0. The van der Waals surface area contributed by atoms with Crippen LogP contribution in [-0.2, 0) is 0 Å². The number of nitrogens with zero attached hydrogens (tertiary/aromatic N) is 2. The third kappa shape index (κ3) is 4.87. The van der Waals surface area contributed by atoms with Gasteiger partial charge < -0.3 is 15.0 Å². The lowest BCUT2D eigenvalue weighted by Crippen LogP contribution is -2.20. The number of ether oxygens (including phenoxy) is 1. The molecule has 2 aromatic rings. The Morgan fingerprint density at radius 1 is 1.25 bits per heavy atom. The fourth-order valence-electron chi connectivity index (χ4n) is 1.96. The molecule has 0 bridgehead atoms. The van der Waals surface area contributed by atoms with Crippen molar-refractivity contribution in [3.8, 4) is 5.75 Å². The Bertz CT molecular complexity index is 718. The molecule has 1 N–H and O–H groups in total. The highest BCUT2D eigenvalue weighted by atomic mass is 19.4. The van der Waals surface area contributed by atoms with Crippen molar-refractivity contribution in [1.82, 2.24) is 4.98 Å². The molecule has 128 valence electrons. The number of halogens is 3. The van der Waals surface area contributed by atoms with Gasteiger partial charge in [-0.3, -0.25) is 4.79 Å². The number of hydrogen-bond donors (Lipinski definition) is 1. The van der Waals surface area contributed by atoms with Crippen molar-refractivity contribution in [3.63, 3.8) is 0 Å². The van der Waals surface area contributed by atoms with Crippen LogP contribution in [0.2, 0.25) is 0 Å². The Morgan fingerprint density at radius 2 is 2.00 bits per heavy atom. The number of aromatic nitrogens is 1. The van der Waals surface area contributed by atoms with E-state index in [4.69, 9.17) is 0 Å². The first-order chi connectivity index (χ1) is 11.3. The Balaban J connectivity index is 2.13. The van der Waals surface area contributed by atoms with Crippen LogP contribution in [0.3, 0.4) is 0 Å². The summed E-state index contributed by atoms with van der Waals surface area (Å²) in [5.41, 5.74) is 0.678. The maximum Gasteiger partial charge on any atom is 0.422 e. The van der Waals surface area contributed by atoms with Gasteiger partial charge in [0.1, 0.15) is 11.6 Å². The van der Waals surface area contributed by atoms with Gasteiger partial charge in [0.25, 0.3) is 5.91 Å². The van der Waals surface area contributed by atoms with E-state index in [1.807, 2.05) is 0 Å². The highest BCUT2D eigenvalue weighted by Crippen LogP contribution is 2.22. The number of pyridine rings is 1. The standard InChI is InChI=1S/C16H16F3N3O2/c1-22(2)14-13(7-4-8-20-14)15(23)21-11-5-3-6-12(9-11)24-10-16(17,18)19/h3-9H,10H2,1-2H3,(H,21,23). The van der Waals surface area contributed by atoms with Crippen molar-refractivity contribution in [2.24, 2.45) is 0 Å². The highest BCUT2D eigenvalue weighted by molar-refractivity contribution is 6.07. The average molecular weight is 339 g/mol. The maximum absolute atomic E-state index is 12.4. The van der Waals surface area contributed by atoms with Crippen LogP contribution >= 0.6 is 0 Å². The van der Waals surface area contributed by atoms with Gasteiger partial charge in [-0.15, -0.1) is 0 Å². The summed E-state index contributed by atoms with van der Waals surface area (Å²) in [6, 6.07) is 9.01. The first kappa shape index (κ1) is 17.6. The van der Waals surface area contributed by atoms with E-state index < -0.39 is 18.7 Å². The van der Waals surface area contributed by atoms with Crippen LogP contribution in [0.5, 0.6) is 5.75 Å². The highest BCUT2D eigenvalue weighted by Gasteiger charge is 2.28. The summed E-state index contributed by atoms with van der Waals surface area (Å²) in [5.74, 6) is 0.0865. The molecule has 5 nitrogen and oxygen atoms in total. The number of nitrogens with one attached hydrogen (secondary N) is 1. The number of anilines is 2. The molecular formula is C16H16F3N3O2. The van der Waals surface area contributed by atoms with Gasteiger partial charge in [0.15, 0.2) is 6.61 Å². The number of carbonyl (C=O) groups is 1. The summed E-state index contributed by atoms with van der Waals surface area (Å²) in [7, 11) is 3.51. The maximum atomic E-state index is 12.4. The second kappa shape index (κ2) is 7.20. The molecule has 0 saturated heterocycles. The summed E-state index contributed by atoms with van der Waals surface area (Å²) in [6.45, 7) is -1.39. The normalized spacial score (nSPS) is 11.0. The van der Waals surface area contributed by atoms with Crippen molar-refractivity contribution in [2.45, 2.75) is 6.18 Å². The SMILES string of the molecule is CN(C)c1ncccc1C(=O)Nc1cccc(OCC(F)(F)F)c1. The molecule has 0 unspecified atom stereocenters. The molecule has 0 spiro atoms. The number of rotatable bonds is 5. The number of alkyl halides is 3. The molecule has 0 radical (unpaired) electrons. The van der Waals surface area contributed by atoms with Gasteiger partial charge in [-0.25, -0.2) is 4.98 Å². The lowest BCUT2D eigenvalue weighted by atomic mass is 10.2. The third-order valence-electron chi connectivity index (χ3n) is 2.95. The monoisotopic (exact) mass is 339 g/mol. The van der Waals surface area contributed by atoms with E-state index in [1.165, 1.54) is 18.2 Å². The van der Waals surface area contributed by atoms with Crippen LogP contribution < -0.4 is 15.0 Å². The van der Waals surface area contributed by atoms with E-state index >= 15 is 0 Å². The predicted molar refractivity (Wildman–Crippen MR) is 84.5 cm³/mol. The molecule has 0 aliphatic rings. The van der Waals surface area contributed by atoms with Crippen LogP contribution in [-0.4, -0.2) is 37.8 Å². The van der Waals surface area contributed by atoms with Crippen molar-refractivity contribution in [3.05, 3.63) is 48.2 Å². The Morgan fingerprint density at radius 3 is 2.67 bits per heavy atom. The van der Waals surface area contributed by atoms with Gasteiger partial charge in [-0.2, -0.15) is 13.2 Å². The van der Waals surface area contributed by atoms with E-state index in [0.29, 0.717) is 17.1 Å². The molecule has 0 fully saturated rings. The zero-order valence-corrected chi connectivity index (χ0v) is 13.1. The van der Waals surface area contributed by atoms with Gasteiger partial charge in [-0.05, 0) is 24.3 Å². The fourth-order valence-corrected chi connectivity index (χ4v) is 1.96. The van der Waals surface area contributed by atoms with Crippen LogP contribution in [0.25, 0.3) is 0 Å². The largest absolute Gasteiger partial charge is 0.484 e. The topological polar surface area (TPSA) is 54.5 Å². The van der Waals surface area contributed by atoms with E-state index in [9.17, 15) is 18.0 Å². The van der Waals surface area contributed by atoms with Crippen LogP contribution in [0.4, 0.5) is 24.7 Å². The van der Waals surface area contributed by atoms with E-state index in [0.717, 1.165) is 0 Å². The molecule has 0 saturated carbocycles. The number of carbonyl (C=O) groups excluding carboxylic acids is 1. The Kier molecular flexibility index (Phi) is 5.28. The fraction of sp³-hybridized carbons (Fsp3) is 0.250. The minimum Gasteiger partial charge on any atom is -0.484 e. The average Bonchev–Trinajstić information content (AvgIpc) is 2.52. The zero-order chi connectivity index (χ0) is 17.7. The molecule has 1 amide bonds. The van der Waals surface area contributed by atoms with Gasteiger partial charge >= 0.3 is 6.18 Å².